The van der Waals surface area contributed by atoms with Crippen molar-refractivity contribution in [2.75, 3.05) is 18.5 Å². The zero-order chi connectivity index (χ0) is 17.9. The summed E-state index contributed by atoms with van der Waals surface area (Å²) in [6, 6.07) is 14.1. The molecule has 6 nitrogen and oxygen atoms in total. The van der Waals surface area contributed by atoms with Crippen molar-refractivity contribution in [2.45, 2.75) is 0 Å². The van der Waals surface area contributed by atoms with Crippen LogP contribution in [0, 0.1) is 11.3 Å². The van der Waals surface area contributed by atoms with Crippen LogP contribution >= 0.6 is 11.3 Å². The first-order chi connectivity index (χ1) is 12.7. The maximum atomic E-state index is 12.3. The van der Waals surface area contributed by atoms with Crippen molar-refractivity contribution < 1.29 is 14.3 Å². The molecular formula is C19H13N3O3S. The third-order valence-corrected chi connectivity index (χ3v) is 4.60. The van der Waals surface area contributed by atoms with Gasteiger partial charge in [-0.25, -0.2) is 4.98 Å². The number of hydrogen-bond acceptors (Lipinski definition) is 6. The van der Waals surface area contributed by atoms with Gasteiger partial charge in [0.15, 0.2) is 16.6 Å². The number of rotatable bonds is 3. The molecule has 0 fully saturated rings. The first-order valence-corrected chi connectivity index (χ1v) is 8.78. The Kier molecular flexibility index (Phi) is 4.25. The van der Waals surface area contributed by atoms with E-state index in [-0.39, 0.29) is 5.91 Å². The minimum atomic E-state index is -0.266. The number of benzene rings is 2. The summed E-state index contributed by atoms with van der Waals surface area (Å²) in [4.78, 5) is 16.8. The molecule has 0 atom stereocenters. The predicted octanol–water partition coefficient (Wildman–Crippen LogP) is 3.71. The van der Waals surface area contributed by atoms with Crippen LogP contribution < -0.4 is 14.8 Å². The van der Waals surface area contributed by atoms with E-state index in [0.29, 0.717) is 35.2 Å². The lowest BCUT2D eigenvalue weighted by Gasteiger charge is -2.18. The Morgan fingerprint density at radius 1 is 1.12 bits per heavy atom. The molecule has 4 rings (SSSR count). The van der Waals surface area contributed by atoms with Gasteiger partial charge in [0.1, 0.15) is 13.2 Å². The maximum absolute atomic E-state index is 12.3. The summed E-state index contributed by atoms with van der Waals surface area (Å²) < 4.78 is 11.1. The molecule has 1 aliphatic rings. The van der Waals surface area contributed by atoms with Gasteiger partial charge in [-0.05, 0) is 42.5 Å². The van der Waals surface area contributed by atoms with Crippen LogP contribution in [0.3, 0.4) is 0 Å². The molecule has 1 aromatic heterocycles. The molecule has 1 amide bonds. The fraction of sp³-hybridized carbons (Fsp3) is 0.105. The van der Waals surface area contributed by atoms with Gasteiger partial charge in [0.05, 0.1) is 17.3 Å². The molecule has 2 heterocycles. The van der Waals surface area contributed by atoms with Gasteiger partial charge in [0, 0.05) is 16.5 Å². The number of nitrogens with one attached hydrogen (secondary N) is 1. The van der Waals surface area contributed by atoms with Crippen molar-refractivity contribution in [1.29, 1.82) is 5.26 Å². The molecule has 1 aliphatic heterocycles. The summed E-state index contributed by atoms with van der Waals surface area (Å²) in [6.45, 7) is 1.08. The molecule has 0 saturated heterocycles. The van der Waals surface area contributed by atoms with E-state index in [1.807, 2.05) is 29.6 Å². The summed E-state index contributed by atoms with van der Waals surface area (Å²) in [5.41, 5.74) is 2.63. The number of carbonyl (C=O) groups is 1. The number of thiazole rings is 1. The van der Waals surface area contributed by atoms with Crippen molar-refractivity contribution >= 4 is 22.4 Å². The van der Waals surface area contributed by atoms with Gasteiger partial charge in [0.2, 0.25) is 0 Å². The number of nitrogens with zero attached hydrogens (tertiary/aromatic N) is 2. The number of anilines is 1. The predicted molar refractivity (Wildman–Crippen MR) is 97.7 cm³/mol. The largest absolute Gasteiger partial charge is 0.486 e. The first-order valence-electron chi connectivity index (χ1n) is 7.90. The Balaban J connectivity index is 1.51. The SMILES string of the molecule is N#Cc1ccc(C(=O)Nc2nc(-c3ccc4c(c3)OCCO4)cs2)cc1. The summed E-state index contributed by atoms with van der Waals surface area (Å²) in [6.07, 6.45) is 0. The molecule has 0 spiro atoms. The van der Waals surface area contributed by atoms with E-state index in [1.54, 1.807) is 24.3 Å². The summed E-state index contributed by atoms with van der Waals surface area (Å²) >= 11 is 1.34. The molecule has 2 aromatic carbocycles. The highest BCUT2D eigenvalue weighted by Gasteiger charge is 2.15. The lowest BCUT2D eigenvalue weighted by molar-refractivity contribution is 0.102. The fourth-order valence-electron chi connectivity index (χ4n) is 2.53. The summed E-state index contributed by atoms with van der Waals surface area (Å²) in [7, 11) is 0. The van der Waals surface area contributed by atoms with Crippen LogP contribution in [0.5, 0.6) is 11.5 Å². The second-order valence-electron chi connectivity index (χ2n) is 5.54. The summed E-state index contributed by atoms with van der Waals surface area (Å²) in [5.74, 6) is 1.16. The summed E-state index contributed by atoms with van der Waals surface area (Å²) in [5, 5.41) is 14.0. The van der Waals surface area contributed by atoms with Crippen LogP contribution in [-0.4, -0.2) is 24.1 Å². The van der Waals surface area contributed by atoms with E-state index in [4.69, 9.17) is 14.7 Å². The van der Waals surface area contributed by atoms with Crippen molar-refractivity contribution in [3.63, 3.8) is 0 Å². The van der Waals surface area contributed by atoms with Crippen molar-refractivity contribution in [3.8, 4) is 28.8 Å². The number of aromatic nitrogens is 1. The normalized spacial score (nSPS) is 12.3. The highest BCUT2D eigenvalue weighted by Crippen LogP contribution is 2.35. The number of hydrogen-bond donors (Lipinski definition) is 1. The van der Waals surface area contributed by atoms with Crippen molar-refractivity contribution in [3.05, 3.63) is 59.0 Å². The minimum absolute atomic E-state index is 0.266. The standard InChI is InChI=1S/C19H13N3O3S/c20-10-12-1-3-13(4-2-12)18(23)22-19-21-15(11-26-19)14-5-6-16-17(9-14)25-8-7-24-16/h1-6,9,11H,7-8H2,(H,21,22,23). The maximum Gasteiger partial charge on any atom is 0.257 e. The average Bonchev–Trinajstić information content (AvgIpc) is 3.16. The third kappa shape index (κ3) is 3.23. The van der Waals surface area contributed by atoms with Gasteiger partial charge in [0.25, 0.3) is 5.91 Å². The number of amides is 1. The van der Waals surface area contributed by atoms with Gasteiger partial charge in [-0.1, -0.05) is 0 Å². The minimum Gasteiger partial charge on any atom is -0.486 e. The van der Waals surface area contributed by atoms with Crippen LogP contribution in [0.25, 0.3) is 11.3 Å². The number of carbonyl (C=O) groups excluding carboxylic acids is 1. The van der Waals surface area contributed by atoms with Gasteiger partial charge in [-0.15, -0.1) is 11.3 Å². The molecule has 7 heteroatoms. The highest BCUT2D eigenvalue weighted by atomic mass is 32.1. The molecule has 3 aromatic rings. The molecule has 0 unspecified atom stereocenters. The van der Waals surface area contributed by atoms with E-state index in [1.165, 1.54) is 11.3 Å². The Morgan fingerprint density at radius 3 is 2.65 bits per heavy atom. The van der Waals surface area contributed by atoms with Crippen molar-refractivity contribution in [1.82, 2.24) is 4.98 Å². The highest BCUT2D eigenvalue weighted by molar-refractivity contribution is 7.14. The lowest BCUT2D eigenvalue weighted by Crippen LogP contribution is -2.15. The van der Waals surface area contributed by atoms with Gasteiger partial charge in [-0.3, -0.25) is 10.1 Å². The van der Waals surface area contributed by atoms with E-state index in [0.717, 1.165) is 17.0 Å². The quantitative estimate of drug-likeness (QED) is 0.767. The smallest absolute Gasteiger partial charge is 0.257 e. The third-order valence-electron chi connectivity index (χ3n) is 3.84. The Bertz CT molecular complexity index is 1010. The van der Waals surface area contributed by atoms with Crippen LogP contribution in [0.4, 0.5) is 5.13 Å². The second kappa shape index (κ2) is 6.86. The Hall–Kier alpha value is -3.37. The molecule has 26 heavy (non-hydrogen) atoms. The molecule has 0 aliphatic carbocycles. The zero-order valence-electron chi connectivity index (χ0n) is 13.6. The van der Waals surface area contributed by atoms with Gasteiger partial charge < -0.3 is 9.47 Å². The van der Waals surface area contributed by atoms with Crippen LogP contribution in [-0.2, 0) is 0 Å². The Morgan fingerprint density at radius 2 is 1.88 bits per heavy atom. The number of nitriles is 1. The molecule has 128 valence electrons. The number of ether oxygens (including phenoxy) is 2. The van der Waals surface area contributed by atoms with Crippen molar-refractivity contribution in [2.24, 2.45) is 0 Å². The zero-order valence-corrected chi connectivity index (χ0v) is 14.4. The van der Waals surface area contributed by atoms with Crippen LogP contribution in [0.15, 0.2) is 47.8 Å². The van der Waals surface area contributed by atoms with E-state index in [2.05, 4.69) is 10.3 Å². The van der Waals surface area contributed by atoms with Gasteiger partial charge in [-0.2, -0.15) is 5.26 Å². The molecule has 0 radical (unpaired) electrons. The van der Waals surface area contributed by atoms with E-state index >= 15 is 0 Å². The fourth-order valence-corrected chi connectivity index (χ4v) is 3.25. The average molecular weight is 363 g/mol. The molecule has 1 N–H and O–H groups in total. The topological polar surface area (TPSA) is 84.2 Å². The van der Waals surface area contributed by atoms with E-state index < -0.39 is 0 Å². The Labute approximate surface area is 153 Å². The second-order valence-corrected chi connectivity index (χ2v) is 6.40. The molecular weight excluding hydrogens is 350 g/mol. The first kappa shape index (κ1) is 16.1. The van der Waals surface area contributed by atoms with Gasteiger partial charge >= 0.3 is 0 Å². The van der Waals surface area contributed by atoms with E-state index in [9.17, 15) is 4.79 Å². The lowest BCUT2D eigenvalue weighted by atomic mass is 10.1. The molecule has 0 bridgehead atoms. The molecule has 0 saturated carbocycles. The van der Waals surface area contributed by atoms with Crippen LogP contribution in [0.2, 0.25) is 0 Å². The van der Waals surface area contributed by atoms with Crippen LogP contribution in [0.1, 0.15) is 15.9 Å². The monoisotopic (exact) mass is 363 g/mol. The number of fused-ring (bicyclic) bond motifs is 1.